The molecular formula is C11H17N3O2. The van der Waals surface area contributed by atoms with Gasteiger partial charge in [0.1, 0.15) is 5.76 Å². The van der Waals surface area contributed by atoms with Crippen LogP contribution in [0.25, 0.3) is 0 Å². The van der Waals surface area contributed by atoms with Gasteiger partial charge in [0.25, 0.3) is 5.91 Å². The predicted octanol–water partition coefficient (Wildman–Crippen LogP) is 0.807. The van der Waals surface area contributed by atoms with Gasteiger partial charge < -0.3 is 14.7 Å². The lowest BCUT2D eigenvalue weighted by Gasteiger charge is -2.42. The van der Waals surface area contributed by atoms with Gasteiger partial charge in [0, 0.05) is 25.7 Å². The van der Waals surface area contributed by atoms with E-state index in [-0.39, 0.29) is 11.4 Å². The molecule has 2 heterocycles. The number of carbonyl (C=O) groups excluding carboxylic acids is 1. The van der Waals surface area contributed by atoms with Gasteiger partial charge in [-0.05, 0) is 20.8 Å². The molecule has 1 aliphatic rings. The number of piperazine rings is 1. The summed E-state index contributed by atoms with van der Waals surface area (Å²) in [6, 6.07) is 1.68. The van der Waals surface area contributed by atoms with E-state index in [2.05, 4.69) is 10.5 Å². The molecule has 1 saturated heterocycles. The van der Waals surface area contributed by atoms with Crippen LogP contribution in [0.15, 0.2) is 10.6 Å². The van der Waals surface area contributed by atoms with Gasteiger partial charge >= 0.3 is 0 Å². The summed E-state index contributed by atoms with van der Waals surface area (Å²) in [6.45, 7) is 8.21. The first-order chi connectivity index (χ1) is 7.50. The summed E-state index contributed by atoms with van der Waals surface area (Å²) >= 11 is 0. The minimum absolute atomic E-state index is 0.0525. The van der Waals surface area contributed by atoms with Crippen molar-refractivity contribution in [1.29, 1.82) is 0 Å². The fourth-order valence-electron chi connectivity index (χ4n) is 1.97. The second kappa shape index (κ2) is 3.90. The molecule has 1 amide bonds. The SMILES string of the molecule is Cc1cc(C(=O)N2CCNCC2(C)C)no1. The molecule has 2 rings (SSSR count). The van der Waals surface area contributed by atoms with Crippen LogP contribution in [0.3, 0.4) is 0 Å². The molecule has 0 bridgehead atoms. The molecule has 1 N–H and O–H groups in total. The van der Waals surface area contributed by atoms with Crippen LogP contribution in [-0.4, -0.2) is 41.1 Å². The second-order valence-corrected chi connectivity index (χ2v) is 4.77. The van der Waals surface area contributed by atoms with Gasteiger partial charge in [-0.3, -0.25) is 4.79 Å². The summed E-state index contributed by atoms with van der Waals surface area (Å²) in [6.07, 6.45) is 0. The average Bonchev–Trinajstić information content (AvgIpc) is 2.63. The molecule has 1 aromatic rings. The maximum atomic E-state index is 12.2. The van der Waals surface area contributed by atoms with E-state index in [4.69, 9.17) is 4.52 Å². The van der Waals surface area contributed by atoms with E-state index < -0.39 is 0 Å². The normalized spacial score (nSPS) is 19.8. The van der Waals surface area contributed by atoms with Crippen LogP contribution in [0, 0.1) is 6.92 Å². The lowest BCUT2D eigenvalue weighted by atomic mass is 9.99. The topological polar surface area (TPSA) is 58.4 Å². The Kier molecular flexibility index (Phi) is 2.71. The van der Waals surface area contributed by atoms with E-state index in [0.29, 0.717) is 18.0 Å². The zero-order chi connectivity index (χ0) is 11.8. The third-order valence-corrected chi connectivity index (χ3v) is 2.89. The zero-order valence-electron chi connectivity index (χ0n) is 9.91. The first-order valence-electron chi connectivity index (χ1n) is 5.47. The van der Waals surface area contributed by atoms with E-state index >= 15 is 0 Å². The van der Waals surface area contributed by atoms with Gasteiger partial charge in [-0.1, -0.05) is 5.16 Å². The van der Waals surface area contributed by atoms with Crippen molar-refractivity contribution in [3.63, 3.8) is 0 Å². The van der Waals surface area contributed by atoms with Crippen molar-refractivity contribution in [2.24, 2.45) is 0 Å². The van der Waals surface area contributed by atoms with E-state index in [0.717, 1.165) is 13.1 Å². The summed E-state index contributed by atoms with van der Waals surface area (Å²) in [4.78, 5) is 14.1. The molecule has 0 aliphatic carbocycles. The molecule has 5 nitrogen and oxygen atoms in total. The fraction of sp³-hybridized carbons (Fsp3) is 0.636. The van der Waals surface area contributed by atoms with Crippen LogP contribution in [0.5, 0.6) is 0 Å². The standard InChI is InChI=1S/C11H17N3O2/c1-8-6-9(13-16-8)10(15)14-5-4-12-7-11(14,2)3/h6,12H,4-5,7H2,1-3H3. The quantitative estimate of drug-likeness (QED) is 0.765. The Morgan fingerprint density at radius 1 is 1.62 bits per heavy atom. The van der Waals surface area contributed by atoms with Crippen molar-refractivity contribution >= 4 is 5.91 Å². The Bertz CT molecular complexity index is 398. The Balaban J connectivity index is 2.20. The van der Waals surface area contributed by atoms with Crippen molar-refractivity contribution in [1.82, 2.24) is 15.4 Å². The van der Waals surface area contributed by atoms with Crippen molar-refractivity contribution in [3.8, 4) is 0 Å². The molecule has 0 radical (unpaired) electrons. The number of aryl methyl sites for hydroxylation is 1. The van der Waals surface area contributed by atoms with Gasteiger partial charge in [0.15, 0.2) is 5.69 Å². The number of amides is 1. The van der Waals surface area contributed by atoms with Gasteiger partial charge in [-0.15, -0.1) is 0 Å². The molecule has 1 fully saturated rings. The minimum atomic E-state index is -0.178. The van der Waals surface area contributed by atoms with Crippen LogP contribution in [-0.2, 0) is 0 Å². The molecule has 0 spiro atoms. The maximum Gasteiger partial charge on any atom is 0.276 e. The summed E-state index contributed by atoms with van der Waals surface area (Å²) in [5, 5.41) is 7.05. The van der Waals surface area contributed by atoms with Gasteiger partial charge in [-0.2, -0.15) is 0 Å². The first-order valence-corrected chi connectivity index (χ1v) is 5.47. The molecular weight excluding hydrogens is 206 g/mol. The molecule has 0 saturated carbocycles. The number of hydrogen-bond acceptors (Lipinski definition) is 4. The van der Waals surface area contributed by atoms with Gasteiger partial charge in [0.2, 0.25) is 0 Å². The van der Waals surface area contributed by atoms with Crippen molar-refractivity contribution in [3.05, 3.63) is 17.5 Å². The third kappa shape index (κ3) is 1.95. The van der Waals surface area contributed by atoms with E-state index in [1.165, 1.54) is 0 Å². The van der Waals surface area contributed by atoms with E-state index in [9.17, 15) is 4.79 Å². The largest absolute Gasteiger partial charge is 0.361 e. The molecule has 0 atom stereocenters. The number of nitrogens with zero attached hydrogens (tertiary/aromatic N) is 2. The highest BCUT2D eigenvalue weighted by Crippen LogP contribution is 2.19. The molecule has 0 unspecified atom stereocenters. The summed E-state index contributed by atoms with van der Waals surface area (Å²) in [7, 11) is 0. The van der Waals surface area contributed by atoms with Crippen molar-refractivity contribution in [2.45, 2.75) is 26.3 Å². The molecule has 0 aromatic carbocycles. The fourth-order valence-corrected chi connectivity index (χ4v) is 1.97. The highest BCUT2D eigenvalue weighted by atomic mass is 16.5. The molecule has 1 aliphatic heterocycles. The van der Waals surface area contributed by atoms with Gasteiger partial charge in [0.05, 0.1) is 5.54 Å². The molecule has 5 heteroatoms. The monoisotopic (exact) mass is 223 g/mol. The van der Waals surface area contributed by atoms with Crippen LogP contribution < -0.4 is 5.32 Å². The average molecular weight is 223 g/mol. The van der Waals surface area contributed by atoms with Crippen molar-refractivity contribution < 1.29 is 9.32 Å². The van der Waals surface area contributed by atoms with Crippen LogP contribution in [0.2, 0.25) is 0 Å². The summed E-state index contributed by atoms with van der Waals surface area (Å²) in [5.74, 6) is 0.611. The van der Waals surface area contributed by atoms with E-state index in [1.54, 1.807) is 13.0 Å². The lowest BCUT2D eigenvalue weighted by molar-refractivity contribution is 0.0467. The number of carbonyl (C=O) groups is 1. The zero-order valence-corrected chi connectivity index (χ0v) is 9.91. The highest BCUT2D eigenvalue weighted by Gasteiger charge is 2.34. The highest BCUT2D eigenvalue weighted by molar-refractivity contribution is 5.92. The summed E-state index contributed by atoms with van der Waals surface area (Å²) < 4.78 is 4.93. The first kappa shape index (κ1) is 11.1. The Morgan fingerprint density at radius 3 is 2.94 bits per heavy atom. The van der Waals surface area contributed by atoms with Crippen LogP contribution in [0.1, 0.15) is 30.1 Å². The Labute approximate surface area is 94.8 Å². The third-order valence-electron chi connectivity index (χ3n) is 2.89. The Morgan fingerprint density at radius 2 is 2.38 bits per heavy atom. The number of hydrogen-bond donors (Lipinski definition) is 1. The second-order valence-electron chi connectivity index (χ2n) is 4.77. The minimum Gasteiger partial charge on any atom is -0.361 e. The van der Waals surface area contributed by atoms with Crippen molar-refractivity contribution in [2.75, 3.05) is 19.6 Å². The lowest BCUT2D eigenvalue weighted by Crippen LogP contribution is -2.59. The number of nitrogens with one attached hydrogen (secondary N) is 1. The predicted molar refractivity (Wildman–Crippen MR) is 59.2 cm³/mol. The molecule has 1 aromatic heterocycles. The van der Waals surface area contributed by atoms with Gasteiger partial charge in [-0.25, -0.2) is 0 Å². The van der Waals surface area contributed by atoms with E-state index in [1.807, 2.05) is 18.7 Å². The smallest absolute Gasteiger partial charge is 0.276 e. The molecule has 16 heavy (non-hydrogen) atoms. The molecule has 88 valence electrons. The van der Waals surface area contributed by atoms with Crippen LogP contribution in [0.4, 0.5) is 0 Å². The number of rotatable bonds is 1. The maximum absolute atomic E-state index is 12.2. The Hall–Kier alpha value is -1.36. The summed E-state index contributed by atoms with van der Waals surface area (Å²) in [5.41, 5.74) is 0.217. The van der Waals surface area contributed by atoms with Crippen LogP contribution >= 0.6 is 0 Å². The number of aromatic nitrogens is 1.